The van der Waals surface area contributed by atoms with Crippen LogP contribution in [0.3, 0.4) is 0 Å². The minimum atomic E-state index is -3.72. The number of nitrogens with zero attached hydrogens (tertiary/aromatic N) is 1. The van der Waals surface area contributed by atoms with E-state index in [0.29, 0.717) is 11.0 Å². The molecule has 0 saturated carbocycles. The van der Waals surface area contributed by atoms with Crippen molar-refractivity contribution in [1.82, 2.24) is 10.2 Å². The first-order chi connectivity index (χ1) is 9.90. The molecule has 1 amide bonds. The molecule has 0 bridgehead atoms. The van der Waals surface area contributed by atoms with E-state index in [1.54, 1.807) is 5.38 Å². The molecule has 2 aliphatic heterocycles. The number of nitrogens with two attached hydrogens (primary N) is 1. The van der Waals surface area contributed by atoms with Crippen molar-refractivity contribution in [3.63, 3.8) is 0 Å². The second-order valence-electron chi connectivity index (χ2n) is 5.92. The highest BCUT2D eigenvalue weighted by Gasteiger charge is 2.38. The quantitative estimate of drug-likeness (QED) is 0.818. The van der Waals surface area contributed by atoms with Gasteiger partial charge in [0.15, 0.2) is 0 Å². The van der Waals surface area contributed by atoms with Gasteiger partial charge in [-0.2, -0.15) is 0 Å². The summed E-state index contributed by atoms with van der Waals surface area (Å²) in [6.07, 6.45) is 3.21. The summed E-state index contributed by atoms with van der Waals surface area (Å²) in [6.45, 7) is 3.58. The fourth-order valence-electron chi connectivity index (χ4n) is 3.17. The van der Waals surface area contributed by atoms with Crippen LogP contribution in [0.15, 0.2) is 15.7 Å². The summed E-state index contributed by atoms with van der Waals surface area (Å²) in [7, 11) is -3.72. The summed E-state index contributed by atoms with van der Waals surface area (Å²) in [5.41, 5.74) is 0.779. The number of rotatable bonds is 2. The highest BCUT2D eigenvalue weighted by atomic mass is 35.5. The van der Waals surface area contributed by atoms with E-state index in [1.807, 2.05) is 4.90 Å². The van der Waals surface area contributed by atoms with Gasteiger partial charge in [0.1, 0.15) is 4.21 Å². The molecule has 2 saturated heterocycles. The monoisotopic (exact) mass is 365 g/mol. The Kier molecular flexibility index (Phi) is 5.18. The van der Waals surface area contributed by atoms with Crippen LogP contribution in [-0.4, -0.2) is 45.4 Å². The minimum absolute atomic E-state index is 0. The van der Waals surface area contributed by atoms with E-state index in [9.17, 15) is 13.2 Å². The highest BCUT2D eigenvalue weighted by molar-refractivity contribution is 7.91. The molecule has 124 valence electrons. The first-order valence-corrected chi connectivity index (χ1v) is 9.44. The zero-order valence-corrected chi connectivity index (χ0v) is 14.5. The third-order valence-corrected chi connectivity index (χ3v) is 6.93. The molecule has 9 heteroatoms. The van der Waals surface area contributed by atoms with Crippen molar-refractivity contribution in [2.45, 2.75) is 23.5 Å². The average Bonchev–Trinajstić information content (AvgIpc) is 3.08. The fourth-order valence-corrected chi connectivity index (χ4v) is 4.75. The number of carbonyl (C=O) groups is 1. The first kappa shape index (κ1) is 17.7. The van der Waals surface area contributed by atoms with E-state index in [2.05, 4.69) is 5.32 Å². The number of hydrogen-bond acceptors (Lipinski definition) is 5. The lowest BCUT2D eigenvalue weighted by Gasteiger charge is -2.38. The van der Waals surface area contributed by atoms with Gasteiger partial charge in [-0.25, -0.2) is 13.6 Å². The Bertz CT molecular complexity index is 643. The maximum Gasteiger partial charge on any atom is 0.254 e. The van der Waals surface area contributed by atoms with Gasteiger partial charge in [0.25, 0.3) is 5.91 Å². The second-order valence-corrected chi connectivity index (χ2v) is 8.62. The molecule has 22 heavy (non-hydrogen) atoms. The molecule has 6 nitrogen and oxygen atoms in total. The van der Waals surface area contributed by atoms with Crippen LogP contribution in [0.2, 0.25) is 0 Å². The Morgan fingerprint density at radius 1 is 1.32 bits per heavy atom. The number of amides is 1. The lowest BCUT2D eigenvalue weighted by Crippen LogP contribution is -2.43. The highest BCUT2D eigenvalue weighted by Crippen LogP contribution is 2.37. The summed E-state index contributed by atoms with van der Waals surface area (Å²) in [5.74, 6) is -0.0954. The number of piperidine rings is 1. The number of primary sulfonamides is 1. The van der Waals surface area contributed by atoms with Crippen LogP contribution in [0.1, 0.15) is 29.6 Å². The van der Waals surface area contributed by atoms with Crippen LogP contribution in [-0.2, 0) is 10.0 Å². The Morgan fingerprint density at radius 3 is 2.50 bits per heavy atom. The van der Waals surface area contributed by atoms with Crippen LogP contribution in [0.4, 0.5) is 0 Å². The molecule has 0 radical (unpaired) electrons. The number of halogens is 1. The molecule has 1 spiro atoms. The van der Waals surface area contributed by atoms with Gasteiger partial charge in [0, 0.05) is 25.0 Å². The smallest absolute Gasteiger partial charge is 0.254 e. The van der Waals surface area contributed by atoms with Gasteiger partial charge in [0.05, 0.1) is 5.56 Å². The van der Waals surface area contributed by atoms with Crippen molar-refractivity contribution >= 4 is 39.7 Å². The predicted molar refractivity (Wildman–Crippen MR) is 88.0 cm³/mol. The van der Waals surface area contributed by atoms with Gasteiger partial charge in [-0.15, -0.1) is 23.7 Å². The van der Waals surface area contributed by atoms with Crippen molar-refractivity contribution in [3.8, 4) is 0 Å². The number of likely N-dealkylation sites (tertiary alicyclic amines) is 1. The number of thiophene rings is 1. The van der Waals surface area contributed by atoms with Crippen LogP contribution >= 0.6 is 23.7 Å². The van der Waals surface area contributed by atoms with E-state index < -0.39 is 10.0 Å². The number of carbonyl (C=O) groups excluding carboxylic acids is 1. The van der Waals surface area contributed by atoms with E-state index in [4.69, 9.17) is 5.14 Å². The van der Waals surface area contributed by atoms with E-state index >= 15 is 0 Å². The number of nitrogens with one attached hydrogen (secondary N) is 1. The number of sulfonamides is 1. The maximum atomic E-state index is 12.4. The summed E-state index contributed by atoms with van der Waals surface area (Å²) in [6, 6.07) is 1.38. The van der Waals surface area contributed by atoms with Gasteiger partial charge in [-0.1, -0.05) is 0 Å². The van der Waals surface area contributed by atoms with E-state index in [1.165, 1.54) is 12.5 Å². The van der Waals surface area contributed by atoms with Gasteiger partial charge < -0.3 is 10.2 Å². The first-order valence-electron chi connectivity index (χ1n) is 7.01. The Labute approximate surface area is 140 Å². The van der Waals surface area contributed by atoms with Crippen molar-refractivity contribution in [2.75, 3.05) is 26.2 Å². The van der Waals surface area contributed by atoms with Crippen LogP contribution in [0, 0.1) is 5.41 Å². The zero-order valence-electron chi connectivity index (χ0n) is 12.1. The maximum absolute atomic E-state index is 12.4. The van der Waals surface area contributed by atoms with Gasteiger partial charge in [0.2, 0.25) is 10.0 Å². The lowest BCUT2D eigenvalue weighted by atomic mass is 9.78. The summed E-state index contributed by atoms with van der Waals surface area (Å²) in [4.78, 5) is 14.2. The second kappa shape index (κ2) is 6.45. The fraction of sp³-hybridized carbons (Fsp3) is 0.615. The van der Waals surface area contributed by atoms with Crippen molar-refractivity contribution < 1.29 is 13.2 Å². The van der Waals surface area contributed by atoms with E-state index in [0.717, 1.165) is 50.4 Å². The number of hydrogen-bond donors (Lipinski definition) is 2. The van der Waals surface area contributed by atoms with Crippen LogP contribution in [0.5, 0.6) is 0 Å². The Morgan fingerprint density at radius 2 is 2.00 bits per heavy atom. The third kappa shape index (κ3) is 3.46. The van der Waals surface area contributed by atoms with E-state index in [-0.39, 0.29) is 22.5 Å². The topological polar surface area (TPSA) is 92.5 Å². The molecule has 3 N–H and O–H groups in total. The molecule has 0 aromatic carbocycles. The molecule has 2 fully saturated rings. The standard InChI is InChI=1S/C13H19N3O3S2.ClH/c14-21(18,19)11-7-10(8-20-11)12(17)16-5-2-13(3-6-16)1-4-15-9-13;/h7-8,15H,1-6,9H2,(H2,14,18,19);1H. The normalized spacial score (nSPS) is 20.9. The molecular formula is C13H20ClN3O3S2. The molecule has 2 aliphatic rings. The molecule has 0 unspecified atom stereocenters. The van der Waals surface area contributed by atoms with Gasteiger partial charge in [-0.3, -0.25) is 4.79 Å². The van der Waals surface area contributed by atoms with Gasteiger partial charge in [-0.05, 0) is 37.3 Å². The molecule has 1 aromatic rings. The lowest BCUT2D eigenvalue weighted by molar-refractivity contribution is 0.0608. The van der Waals surface area contributed by atoms with Crippen molar-refractivity contribution in [1.29, 1.82) is 0 Å². The molecule has 1 aromatic heterocycles. The molecule has 0 aliphatic carbocycles. The summed E-state index contributed by atoms with van der Waals surface area (Å²) >= 11 is 0.997. The molecule has 3 heterocycles. The SMILES string of the molecule is Cl.NS(=O)(=O)c1cc(C(=O)N2CCC3(CCNC3)CC2)cs1. The predicted octanol–water partition coefficient (Wildman–Crippen LogP) is 1.03. The van der Waals surface area contributed by atoms with Crippen LogP contribution < -0.4 is 10.5 Å². The molecule has 0 atom stereocenters. The van der Waals surface area contributed by atoms with Crippen molar-refractivity contribution in [3.05, 3.63) is 17.0 Å². The average molecular weight is 366 g/mol. The van der Waals surface area contributed by atoms with Crippen molar-refractivity contribution in [2.24, 2.45) is 10.6 Å². The Balaban J connectivity index is 0.00000176. The molecular weight excluding hydrogens is 346 g/mol. The Hall–Kier alpha value is -0.670. The van der Waals surface area contributed by atoms with Crippen LogP contribution in [0.25, 0.3) is 0 Å². The summed E-state index contributed by atoms with van der Waals surface area (Å²) in [5, 5.41) is 10.0. The van der Waals surface area contributed by atoms with Gasteiger partial charge >= 0.3 is 0 Å². The zero-order chi connectivity index (χ0) is 15.1. The summed E-state index contributed by atoms with van der Waals surface area (Å²) < 4.78 is 22.6. The third-order valence-electron chi connectivity index (χ3n) is 4.55. The largest absolute Gasteiger partial charge is 0.339 e. The minimum Gasteiger partial charge on any atom is -0.339 e. The molecule has 3 rings (SSSR count).